The standard InChI is InChI=1S/C12H11F10NO4S/c1-4(2)27-6(24)5(23-7(25)9(13,14)11(17,18)19)3-28-8(26)10(15,16)12(20,21)22/h4-5H,3H2,1-2H3,(H,23,25)/t5-/m0/s1. The molecular formula is C12H11F10NO4S. The van der Waals surface area contributed by atoms with Crippen molar-refractivity contribution in [3.8, 4) is 0 Å². The molecule has 0 aromatic carbocycles. The van der Waals surface area contributed by atoms with Gasteiger partial charge in [-0.25, -0.2) is 4.79 Å². The summed E-state index contributed by atoms with van der Waals surface area (Å²) in [4.78, 5) is 33.7. The van der Waals surface area contributed by atoms with E-state index in [0.717, 1.165) is 19.2 Å². The number of hydrogen-bond acceptors (Lipinski definition) is 5. The monoisotopic (exact) mass is 455 g/mol. The van der Waals surface area contributed by atoms with E-state index in [-0.39, 0.29) is 0 Å². The van der Waals surface area contributed by atoms with E-state index in [9.17, 15) is 58.3 Å². The SMILES string of the molecule is CC(C)OC(=O)[C@H](CSC(=O)C(F)(F)C(F)(F)F)NC(=O)C(F)(F)C(F)(F)F. The molecule has 0 rings (SSSR count). The van der Waals surface area contributed by atoms with Crippen molar-refractivity contribution in [1.29, 1.82) is 0 Å². The number of nitrogens with one attached hydrogen (secondary N) is 1. The predicted molar refractivity (Wildman–Crippen MR) is 72.6 cm³/mol. The van der Waals surface area contributed by atoms with E-state index >= 15 is 0 Å². The van der Waals surface area contributed by atoms with Gasteiger partial charge in [0.05, 0.1) is 6.10 Å². The molecule has 0 saturated heterocycles. The Bertz CT molecular complexity index is 602. The van der Waals surface area contributed by atoms with E-state index in [1.807, 2.05) is 0 Å². The van der Waals surface area contributed by atoms with Crippen molar-refractivity contribution in [1.82, 2.24) is 5.32 Å². The van der Waals surface area contributed by atoms with Crippen molar-refractivity contribution in [2.75, 3.05) is 5.75 Å². The van der Waals surface area contributed by atoms with Crippen molar-refractivity contribution in [3.05, 3.63) is 0 Å². The summed E-state index contributed by atoms with van der Waals surface area (Å²) in [5.41, 5.74) is 0. The van der Waals surface area contributed by atoms with Gasteiger partial charge in [0.15, 0.2) is 0 Å². The van der Waals surface area contributed by atoms with Gasteiger partial charge in [0.2, 0.25) is 0 Å². The minimum atomic E-state index is -6.39. The van der Waals surface area contributed by atoms with Gasteiger partial charge in [-0.2, -0.15) is 43.9 Å². The lowest BCUT2D eigenvalue weighted by atomic mass is 10.2. The molecule has 0 aliphatic heterocycles. The first-order chi connectivity index (χ1) is 12.2. The maximum Gasteiger partial charge on any atom is 0.463 e. The Morgan fingerprint density at radius 2 is 1.29 bits per heavy atom. The fourth-order valence-corrected chi connectivity index (χ4v) is 2.06. The van der Waals surface area contributed by atoms with Crippen molar-refractivity contribution >= 4 is 28.8 Å². The van der Waals surface area contributed by atoms with Crippen molar-refractivity contribution in [3.63, 3.8) is 0 Å². The second-order valence-electron chi connectivity index (χ2n) is 5.25. The van der Waals surface area contributed by atoms with Crippen molar-refractivity contribution in [2.45, 2.75) is 50.2 Å². The highest BCUT2D eigenvalue weighted by Crippen LogP contribution is 2.39. The Hall–Kier alpha value is -1.74. The van der Waals surface area contributed by atoms with E-state index in [1.165, 1.54) is 0 Å². The highest BCUT2D eigenvalue weighted by atomic mass is 32.2. The molecule has 1 N–H and O–H groups in total. The molecule has 0 unspecified atom stereocenters. The van der Waals surface area contributed by atoms with Gasteiger partial charge in [0.1, 0.15) is 6.04 Å². The first kappa shape index (κ1) is 26.3. The van der Waals surface area contributed by atoms with Crippen LogP contribution in [0.2, 0.25) is 0 Å². The number of thioether (sulfide) groups is 1. The lowest BCUT2D eigenvalue weighted by Gasteiger charge is -2.24. The molecule has 0 aliphatic carbocycles. The molecule has 5 nitrogen and oxygen atoms in total. The van der Waals surface area contributed by atoms with Gasteiger partial charge >= 0.3 is 36.1 Å². The van der Waals surface area contributed by atoms with Crippen LogP contribution in [0.5, 0.6) is 0 Å². The lowest BCUT2D eigenvalue weighted by molar-refractivity contribution is -0.270. The summed E-state index contributed by atoms with van der Waals surface area (Å²) in [6, 6.07) is -2.55. The lowest BCUT2D eigenvalue weighted by Crippen LogP contribution is -2.56. The largest absolute Gasteiger partial charge is 0.463 e. The first-order valence-electron chi connectivity index (χ1n) is 6.83. The molecule has 0 spiro atoms. The zero-order chi connectivity index (χ0) is 22.7. The molecular weight excluding hydrogens is 444 g/mol. The van der Waals surface area contributed by atoms with Gasteiger partial charge in [0, 0.05) is 5.75 Å². The van der Waals surface area contributed by atoms with Crippen LogP contribution in [0.4, 0.5) is 43.9 Å². The van der Waals surface area contributed by atoms with Gasteiger partial charge in [-0.05, 0) is 13.8 Å². The zero-order valence-corrected chi connectivity index (χ0v) is 14.5. The van der Waals surface area contributed by atoms with Gasteiger partial charge in [-0.3, -0.25) is 9.59 Å². The third-order valence-electron chi connectivity index (χ3n) is 2.58. The molecule has 0 fully saturated rings. The number of hydrogen-bond donors (Lipinski definition) is 1. The Morgan fingerprint density at radius 3 is 1.64 bits per heavy atom. The minimum absolute atomic E-state index is 0.832. The van der Waals surface area contributed by atoms with Crippen LogP contribution in [0.15, 0.2) is 0 Å². The normalized spacial score (nSPS) is 14.6. The van der Waals surface area contributed by atoms with Gasteiger partial charge in [0.25, 0.3) is 5.12 Å². The summed E-state index contributed by atoms with van der Waals surface area (Å²) in [5, 5.41) is -2.04. The van der Waals surface area contributed by atoms with Gasteiger partial charge in [-0.1, -0.05) is 11.8 Å². The molecule has 0 aromatic heterocycles. The van der Waals surface area contributed by atoms with Gasteiger partial charge < -0.3 is 10.1 Å². The summed E-state index contributed by atoms with van der Waals surface area (Å²) >= 11 is -0.917. The fourth-order valence-electron chi connectivity index (χ4n) is 1.23. The van der Waals surface area contributed by atoms with Crippen LogP contribution in [-0.4, -0.2) is 59.1 Å². The molecule has 0 bridgehead atoms. The number of ether oxygens (including phenoxy) is 1. The molecule has 0 aromatic rings. The van der Waals surface area contributed by atoms with Crippen LogP contribution >= 0.6 is 11.8 Å². The highest BCUT2D eigenvalue weighted by molar-refractivity contribution is 8.13. The summed E-state index contributed by atoms with van der Waals surface area (Å²) in [5.74, 6) is -18.3. The number of halogens is 10. The zero-order valence-electron chi connectivity index (χ0n) is 13.7. The highest BCUT2D eigenvalue weighted by Gasteiger charge is 2.65. The second kappa shape index (κ2) is 8.73. The summed E-state index contributed by atoms with van der Waals surface area (Å²) in [7, 11) is 0. The molecule has 164 valence electrons. The van der Waals surface area contributed by atoms with Gasteiger partial charge in [-0.15, -0.1) is 0 Å². The van der Waals surface area contributed by atoms with E-state index in [1.54, 1.807) is 0 Å². The third-order valence-corrected chi connectivity index (χ3v) is 3.59. The van der Waals surface area contributed by atoms with E-state index in [2.05, 4.69) is 4.74 Å². The molecule has 0 saturated carbocycles. The maximum absolute atomic E-state index is 12.9. The minimum Gasteiger partial charge on any atom is -0.461 e. The van der Waals surface area contributed by atoms with E-state index in [4.69, 9.17) is 0 Å². The van der Waals surface area contributed by atoms with Crippen LogP contribution in [0.25, 0.3) is 0 Å². The molecule has 1 atom stereocenters. The van der Waals surface area contributed by atoms with Crippen LogP contribution < -0.4 is 5.32 Å². The Labute approximate surface area is 154 Å². The third kappa shape index (κ3) is 6.41. The number of carbonyl (C=O) groups is 3. The average Bonchev–Trinajstić information content (AvgIpc) is 2.47. The Balaban J connectivity index is 5.44. The van der Waals surface area contributed by atoms with Crippen LogP contribution in [0, 0.1) is 0 Å². The van der Waals surface area contributed by atoms with Crippen molar-refractivity contribution < 1.29 is 63.0 Å². The number of carbonyl (C=O) groups excluding carboxylic acids is 3. The first-order valence-corrected chi connectivity index (χ1v) is 7.81. The summed E-state index contributed by atoms with van der Waals surface area (Å²) in [6.07, 6.45) is -13.7. The molecule has 16 heteroatoms. The van der Waals surface area contributed by atoms with E-state index in [0.29, 0.717) is 0 Å². The Morgan fingerprint density at radius 1 is 0.857 bits per heavy atom. The smallest absolute Gasteiger partial charge is 0.461 e. The second-order valence-corrected chi connectivity index (χ2v) is 6.25. The molecule has 1 amide bonds. The fraction of sp³-hybridized carbons (Fsp3) is 0.750. The molecule has 0 aliphatic rings. The number of alkyl halides is 10. The van der Waals surface area contributed by atoms with Crippen LogP contribution in [-0.2, 0) is 19.1 Å². The number of esters is 1. The quantitative estimate of drug-likeness (QED) is 0.472. The molecule has 0 heterocycles. The average molecular weight is 455 g/mol. The topological polar surface area (TPSA) is 72.5 Å². The summed E-state index contributed by atoms with van der Waals surface area (Å²) < 4.78 is 128. The predicted octanol–water partition coefficient (Wildman–Crippen LogP) is 3.08. The molecule has 0 radical (unpaired) electrons. The van der Waals surface area contributed by atoms with Crippen LogP contribution in [0.3, 0.4) is 0 Å². The summed E-state index contributed by atoms with van der Waals surface area (Å²) in [6.45, 7) is 2.33. The van der Waals surface area contributed by atoms with E-state index < -0.39 is 70.8 Å². The number of amides is 1. The van der Waals surface area contributed by atoms with Crippen LogP contribution in [0.1, 0.15) is 13.8 Å². The molecule has 28 heavy (non-hydrogen) atoms. The Kier molecular flexibility index (Phi) is 8.19. The maximum atomic E-state index is 12.9. The van der Waals surface area contributed by atoms with Crippen molar-refractivity contribution in [2.24, 2.45) is 0 Å². The number of rotatable bonds is 7.